The molecule has 1 fully saturated rings. The molecule has 0 radical (unpaired) electrons. The zero-order valence-electron chi connectivity index (χ0n) is 15.6. The summed E-state index contributed by atoms with van der Waals surface area (Å²) in [5.41, 5.74) is 1.40. The third-order valence-electron chi connectivity index (χ3n) is 5.74. The van der Waals surface area contributed by atoms with Crippen molar-refractivity contribution in [2.24, 2.45) is 5.92 Å². The molecule has 3 nitrogen and oxygen atoms in total. The normalized spacial score (nSPS) is 25.5. The van der Waals surface area contributed by atoms with Gasteiger partial charge in [0.05, 0.1) is 5.60 Å². The molecule has 0 amide bonds. The van der Waals surface area contributed by atoms with E-state index >= 15 is 0 Å². The molecule has 1 aliphatic carbocycles. The molecule has 0 unspecified atom stereocenters. The Bertz CT molecular complexity index is 309. The first kappa shape index (κ1) is 20.1. The maximum Gasteiger partial charge on any atom is 0.200 e. The van der Waals surface area contributed by atoms with Crippen LogP contribution in [-0.4, -0.2) is 37.3 Å². The summed E-state index contributed by atoms with van der Waals surface area (Å²) >= 11 is 0. The van der Waals surface area contributed by atoms with Crippen LogP contribution in [0, 0.1) is 5.92 Å². The van der Waals surface area contributed by atoms with Crippen LogP contribution in [0.25, 0.3) is 0 Å². The smallest absolute Gasteiger partial charge is 0.200 e. The number of unbranched alkanes of at least 4 members (excludes halogenated alkanes) is 1. The van der Waals surface area contributed by atoms with E-state index in [1.54, 1.807) is 0 Å². The molecule has 0 bridgehead atoms. The standard InChI is InChI=1S/C18H38O3Si/c1-14(2)22(15(3)4,16(5)6)21-12-9-17-13-18(17,20)10-7-8-11-19/h14-17,19-20H,7-13H2,1-6H3/t17-,18-/m1/s1. The Labute approximate surface area is 138 Å². The second kappa shape index (κ2) is 8.27. The van der Waals surface area contributed by atoms with E-state index in [2.05, 4.69) is 41.5 Å². The molecule has 132 valence electrons. The first-order valence-corrected chi connectivity index (χ1v) is 11.3. The van der Waals surface area contributed by atoms with E-state index in [9.17, 15) is 5.11 Å². The second-order valence-electron chi connectivity index (χ2n) is 8.14. The van der Waals surface area contributed by atoms with Gasteiger partial charge in [-0.15, -0.1) is 0 Å². The molecular weight excluding hydrogens is 292 g/mol. The molecule has 0 saturated heterocycles. The van der Waals surface area contributed by atoms with E-state index in [0.29, 0.717) is 22.5 Å². The highest BCUT2D eigenvalue weighted by Gasteiger charge is 2.52. The Morgan fingerprint density at radius 2 is 1.59 bits per heavy atom. The van der Waals surface area contributed by atoms with Crippen LogP contribution in [0.3, 0.4) is 0 Å². The van der Waals surface area contributed by atoms with E-state index in [4.69, 9.17) is 9.53 Å². The molecule has 0 aromatic heterocycles. The van der Waals surface area contributed by atoms with E-state index in [-0.39, 0.29) is 6.61 Å². The van der Waals surface area contributed by atoms with Crippen molar-refractivity contribution >= 4 is 8.32 Å². The maximum atomic E-state index is 10.4. The van der Waals surface area contributed by atoms with Crippen LogP contribution in [0.2, 0.25) is 16.6 Å². The van der Waals surface area contributed by atoms with Gasteiger partial charge in [-0.3, -0.25) is 0 Å². The Morgan fingerprint density at radius 3 is 2.05 bits per heavy atom. The summed E-state index contributed by atoms with van der Waals surface area (Å²) in [6, 6.07) is 0. The van der Waals surface area contributed by atoms with Crippen molar-refractivity contribution in [1.29, 1.82) is 0 Å². The Hall–Kier alpha value is 0.0969. The molecule has 1 aliphatic rings. The molecule has 2 atom stereocenters. The van der Waals surface area contributed by atoms with E-state index < -0.39 is 13.9 Å². The molecule has 0 aliphatic heterocycles. The molecule has 0 aromatic carbocycles. The topological polar surface area (TPSA) is 49.7 Å². The second-order valence-corrected chi connectivity index (χ2v) is 13.6. The minimum Gasteiger partial charge on any atom is -0.416 e. The highest BCUT2D eigenvalue weighted by Crippen LogP contribution is 2.50. The predicted molar refractivity (Wildman–Crippen MR) is 95.6 cm³/mol. The zero-order chi connectivity index (χ0) is 17.0. The summed E-state index contributed by atoms with van der Waals surface area (Å²) in [5, 5.41) is 19.3. The van der Waals surface area contributed by atoms with E-state index in [1.165, 1.54) is 0 Å². The van der Waals surface area contributed by atoms with Crippen molar-refractivity contribution in [1.82, 2.24) is 0 Å². The molecule has 0 spiro atoms. The van der Waals surface area contributed by atoms with E-state index in [1.807, 2.05) is 0 Å². The lowest BCUT2D eigenvalue weighted by Gasteiger charge is -2.42. The third kappa shape index (κ3) is 4.56. The van der Waals surface area contributed by atoms with E-state index in [0.717, 1.165) is 38.7 Å². The highest BCUT2D eigenvalue weighted by molar-refractivity contribution is 6.77. The van der Waals surface area contributed by atoms with Gasteiger partial charge in [-0.25, -0.2) is 0 Å². The lowest BCUT2D eigenvalue weighted by Crippen LogP contribution is -2.48. The summed E-state index contributed by atoms with van der Waals surface area (Å²) in [6.45, 7) is 14.9. The highest BCUT2D eigenvalue weighted by atomic mass is 28.4. The molecule has 2 N–H and O–H groups in total. The van der Waals surface area contributed by atoms with Gasteiger partial charge in [0, 0.05) is 13.2 Å². The van der Waals surface area contributed by atoms with Gasteiger partial charge in [0.25, 0.3) is 0 Å². The van der Waals surface area contributed by atoms with Crippen LogP contribution < -0.4 is 0 Å². The SMILES string of the molecule is CC(C)[Si](OCC[C@@H]1C[C@]1(O)CCCCO)(C(C)C)C(C)C. The first-order chi connectivity index (χ1) is 10.2. The molecule has 1 saturated carbocycles. The molecule has 4 heteroatoms. The van der Waals surface area contributed by atoms with Gasteiger partial charge in [0.1, 0.15) is 0 Å². The summed E-state index contributed by atoms with van der Waals surface area (Å²) in [6.07, 6.45) is 4.46. The minimum absolute atomic E-state index is 0.231. The number of hydrogen-bond donors (Lipinski definition) is 2. The maximum absolute atomic E-state index is 10.4. The van der Waals surface area contributed by atoms with Gasteiger partial charge >= 0.3 is 0 Å². The predicted octanol–water partition coefficient (Wildman–Crippen LogP) is 4.48. The average molecular weight is 331 g/mol. The lowest BCUT2D eigenvalue weighted by atomic mass is 10.1. The van der Waals surface area contributed by atoms with Crippen molar-refractivity contribution in [3.05, 3.63) is 0 Å². The molecule has 22 heavy (non-hydrogen) atoms. The fourth-order valence-electron chi connectivity index (χ4n) is 4.47. The number of hydrogen-bond acceptors (Lipinski definition) is 3. The van der Waals surface area contributed by atoms with Crippen molar-refractivity contribution in [2.45, 2.75) is 95.9 Å². The van der Waals surface area contributed by atoms with Crippen LogP contribution in [0.5, 0.6) is 0 Å². The number of aliphatic hydroxyl groups is 2. The minimum atomic E-state index is -1.76. The van der Waals surface area contributed by atoms with Crippen LogP contribution >= 0.6 is 0 Å². The molecular formula is C18H38O3Si. The van der Waals surface area contributed by atoms with Crippen molar-refractivity contribution in [2.75, 3.05) is 13.2 Å². The Kier molecular flexibility index (Phi) is 7.57. The van der Waals surface area contributed by atoms with Gasteiger partial charge in [-0.1, -0.05) is 41.5 Å². The largest absolute Gasteiger partial charge is 0.416 e. The lowest BCUT2D eigenvalue weighted by molar-refractivity contribution is 0.108. The van der Waals surface area contributed by atoms with Gasteiger partial charge in [-0.05, 0) is 54.6 Å². The van der Waals surface area contributed by atoms with Crippen molar-refractivity contribution in [3.63, 3.8) is 0 Å². The summed E-state index contributed by atoms with van der Waals surface area (Å²) in [7, 11) is -1.76. The van der Waals surface area contributed by atoms with Gasteiger partial charge in [0.15, 0.2) is 8.32 Å². The average Bonchev–Trinajstić information content (AvgIpc) is 3.04. The van der Waals surface area contributed by atoms with Crippen LogP contribution in [-0.2, 0) is 4.43 Å². The molecule has 1 rings (SSSR count). The van der Waals surface area contributed by atoms with Crippen molar-refractivity contribution in [3.8, 4) is 0 Å². The monoisotopic (exact) mass is 330 g/mol. The molecule has 0 heterocycles. The van der Waals surface area contributed by atoms with Gasteiger partial charge in [0.2, 0.25) is 0 Å². The number of rotatable bonds is 11. The van der Waals surface area contributed by atoms with Crippen molar-refractivity contribution < 1.29 is 14.6 Å². The Morgan fingerprint density at radius 1 is 1.05 bits per heavy atom. The summed E-state index contributed by atoms with van der Waals surface area (Å²) in [4.78, 5) is 0. The fraction of sp³-hybridized carbons (Fsp3) is 1.00. The van der Waals surface area contributed by atoms with Crippen LogP contribution in [0.15, 0.2) is 0 Å². The summed E-state index contributed by atoms with van der Waals surface area (Å²) < 4.78 is 6.57. The van der Waals surface area contributed by atoms with Crippen LogP contribution in [0.1, 0.15) is 73.6 Å². The van der Waals surface area contributed by atoms with Gasteiger partial charge in [-0.2, -0.15) is 0 Å². The van der Waals surface area contributed by atoms with Crippen LogP contribution in [0.4, 0.5) is 0 Å². The zero-order valence-corrected chi connectivity index (χ0v) is 16.6. The quantitative estimate of drug-likeness (QED) is 0.434. The fourth-order valence-corrected chi connectivity index (χ4v) is 9.94. The van der Waals surface area contributed by atoms with Gasteiger partial charge < -0.3 is 14.6 Å². The molecule has 0 aromatic rings. The number of aliphatic hydroxyl groups excluding tert-OH is 1. The third-order valence-corrected chi connectivity index (χ3v) is 11.9. The Balaban J connectivity index is 2.45. The first-order valence-electron chi connectivity index (χ1n) is 9.18. The summed E-state index contributed by atoms with van der Waals surface area (Å²) in [5.74, 6) is 0.407.